The summed E-state index contributed by atoms with van der Waals surface area (Å²) < 4.78 is 1.50. The van der Waals surface area contributed by atoms with Crippen LogP contribution in [-0.4, -0.2) is 5.11 Å². The van der Waals surface area contributed by atoms with E-state index in [2.05, 4.69) is 0 Å². The van der Waals surface area contributed by atoms with Gasteiger partial charge in [0.2, 0.25) is 0 Å². The number of pyridine rings is 1. The fourth-order valence-electron chi connectivity index (χ4n) is 2.01. The molecule has 5 heteroatoms. The van der Waals surface area contributed by atoms with Crippen LogP contribution in [0.3, 0.4) is 0 Å². The van der Waals surface area contributed by atoms with Crippen molar-refractivity contribution in [3.63, 3.8) is 0 Å². The van der Waals surface area contributed by atoms with Gasteiger partial charge in [0.15, 0.2) is 29.3 Å². The molecule has 1 aromatic heterocycles. The fourth-order valence-corrected chi connectivity index (χ4v) is 2.01. The number of allylic oxidation sites excluding steroid dienone is 3. The third kappa shape index (κ3) is 3.24. The van der Waals surface area contributed by atoms with Crippen LogP contribution in [-0.2, 0) is 0 Å². The number of nitriles is 3. The SMILES string of the molecule is N#CC(C#N)=C(C#N)/C(=C(\O)c1ccccc1)[n+]1ccccc1. The smallest absolute Gasteiger partial charge is 0.273 e. The molecule has 2 aromatic rings. The number of aliphatic hydroxyl groups excluding tert-OH is 1. The first-order valence-corrected chi connectivity index (χ1v) is 6.63. The van der Waals surface area contributed by atoms with E-state index >= 15 is 0 Å². The summed E-state index contributed by atoms with van der Waals surface area (Å²) >= 11 is 0. The minimum atomic E-state index is -0.360. The van der Waals surface area contributed by atoms with Gasteiger partial charge >= 0.3 is 0 Å². The van der Waals surface area contributed by atoms with Gasteiger partial charge < -0.3 is 5.11 Å². The maximum atomic E-state index is 10.6. The summed E-state index contributed by atoms with van der Waals surface area (Å²) in [6.07, 6.45) is 3.25. The van der Waals surface area contributed by atoms with Crippen LogP contribution in [0.15, 0.2) is 72.1 Å². The topological polar surface area (TPSA) is 95.5 Å². The van der Waals surface area contributed by atoms with Crippen molar-refractivity contribution in [3.05, 3.63) is 77.6 Å². The van der Waals surface area contributed by atoms with E-state index in [1.807, 2.05) is 6.07 Å². The van der Waals surface area contributed by atoms with Crippen molar-refractivity contribution in [1.29, 1.82) is 15.8 Å². The lowest BCUT2D eigenvalue weighted by molar-refractivity contribution is -0.579. The first-order chi connectivity index (χ1) is 11.2. The van der Waals surface area contributed by atoms with E-state index in [0.717, 1.165) is 0 Å². The Hall–Kier alpha value is -3.88. The molecule has 0 saturated heterocycles. The number of hydrogen-bond acceptors (Lipinski definition) is 4. The maximum absolute atomic E-state index is 10.6. The Morgan fingerprint density at radius 1 is 0.826 bits per heavy atom. The Bertz CT molecular complexity index is 876. The lowest BCUT2D eigenvalue weighted by Gasteiger charge is -2.05. The average molecular weight is 299 g/mol. The van der Waals surface area contributed by atoms with Gasteiger partial charge in [0.25, 0.3) is 5.70 Å². The molecule has 0 atom stereocenters. The van der Waals surface area contributed by atoms with Crippen LogP contribution in [0.2, 0.25) is 0 Å². The van der Waals surface area contributed by atoms with E-state index in [0.29, 0.717) is 5.56 Å². The van der Waals surface area contributed by atoms with Crippen molar-refractivity contribution >= 4 is 11.5 Å². The Kier molecular flexibility index (Phi) is 4.87. The standard InChI is InChI=1S/C18H10N4O/c19-11-15(12-20)16(13-21)17(22-9-5-2-6-10-22)18(23)14-7-3-1-4-8-14/h1-10H/p+1/b18-17+. The van der Waals surface area contributed by atoms with Gasteiger partial charge in [0.1, 0.15) is 18.2 Å². The van der Waals surface area contributed by atoms with E-state index in [-0.39, 0.29) is 22.6 Å². The Morgan fingerprint density at radius 2 is 1.39 bits per heavy atom. The van der Waals surface area contributed by atoms with E-state index in [9.17, 15) is 10.4 Å². The molecule has 0 aliphatic carbocycles. The van der Waals surface area contributed by atoms with Crippen molar-refractivity contribution < 1.29 is 9.67 Å². The molecule has 0 spiro atoms. The molecule has 1 heterocycles. The van der Waals surface area contributed by atoms with Crippen molar-refractivity contribution in [2.45, 2.75) is 0 Å². The van der Waals surface area contributed by atoms with Gasteiger partial charge in [0.05, 0.1) is 0 Å². The second-order valence-corrected chi connectivity index (χ2v) is 4.43. The molecule has 0 unspecified atom stereocenters. The number of hydrogen-bond donors (Lipinski definition) is 1. The molecular weight excluding hydrogens is 288 g/mol. The predicted molar refractivity (Wildman–Crippen MR) is 82.7 cm³/mol. The zero-order valence-corrected chi connectivity index (χ0v) is 12.0. The van der Waals surface area contributed by atoms with Gasteiger partial charge in [0, 0.05) is 17.7 Å². The molecule has 0 radical (unpaired) electrons. The largest absolute Gasteiger partial charge is 0.502 e. The van der Waals surface area contributed by atoms with Crippen LogP contribution in [0, 0.1) is 34.0 Å². The summed E-state index contributed by atoms with van der Waals surface area (Å²) in [5.74, 6) is -0.193. The fraction of sp³-hybridized carbons (Fsp3) is 0. The zero-order chi connectivity index (χ0) is 16.7. The van der Waals surface area contributed by atoms with E-state index in [1.54, 1.807) is 73.1 Å². The van der Waals surface area contributed by atoms with E-state index < -0.39 is 0 Å². The molecule has 0 bridgehead atoms. The van der Waals surface area contributed by atoms with Crippen LogP contribution in [0.5, 0.6) is 0 Å². The Labute approximate surface area is 133 Å². The van der Waals surface area contributed by atoms with Crippen LogP contribution in [0.4, 0.5) is 0 Å². The third-order valence-corrected chi connectivity index (χ3v) is 3.07. The molecular formula is C18H11N4O+. The molecule has 5 nitrogen and oxygen atoms in total. The molecule has 1 aromatic carbocycles. The van der Waals surface area contributed by atoms with E-state index in [1.165, 1.54) is 4.57 Å². The number of rotatable bonds is 3. The molecule has 0 aliphatic rings. The first-order valence-electron chi connectivity index (χ1n) is 6.63. The minimum absolute atomic E-state index is 0.0809. The number of aromatic nitrogens is 1. The molecule has 2 rings (SSSR count). The third-order valence-electron chi connectivity index (χ3n) is 3.07. The maximum Gasteiger partial charge on any atom is 0.273 e. The summed E-state index contributed by atoms with van der Waals surface area (Å²) in [4.78, 5) is 0. The van der Waals surface area contributed by atoms with Crippen molar-refractivity contribution in [2.24, 2.45) is 0 Å². The Balaban J connectivity index is 2.84. The van der Waals surface area contributed by atoms with Crippen molar-refractivity contribution in [1.82, 2.24) is 0 Å². The Morgan fingerprint density at radius 3 is 1.91 bits per heavy atom. The molecule has 108 valence electrons. The monoisotopic (exact) mass is 299 g/mol. The second-order valence-electron chi connectivity index (χ2n) is 4.43. The quantitative estimate of drug-likeness (QED) is 0.408. The average Bonchev–Trinajstić information content (AvgIpc) is 2.63. The summed E-state index contributed by atoms with van der Waals surface area (Å²) in [6.45, 7) is 0. The summed E-state index contributed by atoms with van der Waals surface area (Å²) in [6, 6.07) is 19.1. The first kappa shape index (κ1) is 15.5. The summed E-state index contributed by atoms with van der Waals surface area (Å²) in [5, 5.41) is 38.2. The van der Waals surface area contributed by atoms with Crippen LogP contribution in [0.1, 0.15) is 5.56 Å². The highest BCUT2D eigenvalue weighted by molar-refractivity contribution is 5.86. The second kappa shape index (κ2) is 7.22. The number of aliphatic hydroxyl groups is 1. The van der Waals surface area contributed by atoms with Gasteiger partial charge in [-0.25, -0.2) is 0 Å². The highest BCUT2D eigenvalue weighted by Gasteiger charge is 2.26. The van der Waals surface area contributed by atoms with Crippen molar-refractivity contribution in [3.8, 4) is 18.2 Å². The van der Waals surface area contributed by atoms with Crippen LogP contribution >= 0.6 is 0 Å². The number of nitrogens with zero attached hydrogens (tertiary/aromatic N) is 4. The summed E-state index contributed by atoms with van der Waals surface area (Å²) in [5.41, 5.74) is 0.00752. The molecule has 0 fully saturated rings. The zero-order valence-electron chi connectivity index (χ0n) is 12.0. The van der Waals surface area contributed by atoms with Crippen LogP contribution in [0.25, 0.3) is 11.5 Å². The molecule has 0 amide bonds. The molecule has 1 N–H and O–H groups in total. The van der Waals surface area contributed by atoms with Gasteiger partial charge in [-0.15, -0.1) is 0 Å². The van der Waals surface area contributed by atoms with Gasteiger partial charge in [-0.05, 0) is 0 Å². The molecule has 0 aliphatic heterocycles. The van der Waals surface area contributed by atoms with Crippen LogP contribution < -0.4 is 4.57 Å². The normalized spacial score (nSPS) is 10.5. The van der Waals surface area contributed by atoms with Gasteiger partial charge in [-0.1, -0.05) is 36.4 Å². The lowest BCUT2D eigenvalue weighted by Crippen LogP contribution is -2.33. The molecule has 23 heavy (non-hydrogen) atoms. The van der Waals surface area contributed by atoms with Gasteiger partial charge in [-0.2, -0.15) is 20.4 Å². The predicted octanol–water partition coefficient (Wildman–Crippen LogP) is 2.73. The highest BCUT2D eigenvalue weighted by atomic mass is 16.3. The minimum Gasteiger partial charge on any atom is -0.502 e. The highest BCUT2D eigenvalue weighted by Crippen LogP contribution is 2.23. The van der Waals surface area contributed by atoms with Gasteiger partial charge in [-0.3, -0.25) is 0 Å². The lowest BCUT2D eigenvalue weighted by atomic mass is 10.0. The number of benzene rings is 1. The molecule has 0 saturated carbocycles. The van der Waals surface area contributed by atoms with E-state index in [4.69, 9.17) is 10.5 Å². The summed E-state index contributed by atoms with van der Waals surface area (Å²) in [7, 11) is 0. The van der Waals surface area contributed by atoms with Crippen molar-refractivity contribution in [2.75, 3.05) is 0 Å².